The van der Waals surface area contributed by atoms with Gasteiger partial charge in [-0.2, -0.15) is 5.10 Å². The number of carbonyl (C=O) groups is 1. The quantitative estimate of drug-likeness (QED) is 0.896. The number of hydrogen-bond donors (Lipinski definition) is 1. The molecule has 0 saturated heterocycles. The van der Waals surface area contributed by atoms with Gasteiger partial charge in [0.2, 0.25) is 0 Å². The maximum absolute atomic E-state index is 12.6. The normalized spacial score (nSPS) is 12.6. The van der Waals surface area contributed by atoms with Crippen molar-refractivity contribution in [2.45, 2.75) is 19.9 Å². The van der Waals surface area contributed by atoms with Crippen LogP contribution in [0, 0.1) is 0 Å². The number of H-pyrrole nitrogens is 1. The number of amides is 1. The highest BCUT2D eigenvalue weighted by molar-refractivity contribution is 6.04. The number of para-hydroxylation sites is 1. The third-order valence-corrected chi connectivity index (χ3v) is 3.21. The fourth-order valence-electron chi connectivity index (χ4n) is 2.25. The number of benzene rings is 1. The Bertz CT molecular complexity index is 565. The number of methoxy groups -OCH3 is 1. The van der Waals surface area contributed by atoms with Crippen LogP contribution in [-0.4, -0.2) is 47.3 Å². The maximum atomic E-state index is 12.6. The molecule has 0 saturated carbocycles. The van der Waals surface area contributed by atoms with Crippen molar-refractivity contribution in [2.24, 2.45) is 0 Å². The molecular weight excluding hydrogens is 242 g/mol. The SMILES string of the molecule is CCN(C(=O)c1n[nH]c2ccccc12)C(C)COC. The van der Waals surface area contributed by atoms with Crippen LogP contribution < -0.4 is 0 Å². The number of aromatic amines is 1. The summed E-state index contributed by atoms with van der Waals surface area (Å²) in [5, 5.41) is 7.90. The minimum Gasteiger partial charge on any atom is -0.383 e. The average molecular weight is 261 g/mol. The molecule has 5 heteroatoms. The summed E-state index contributed by atoms with van der Waals surface area (Å²) >= 11 is 0. The summed E-state index contributed by atoms with van der Waals surface area (Å²) in [5.74, 6) is -0.0653. The van der Waals surface area contributed by atoms with Gasteiger partial charge >= 0.3 is 0 Å². The van der Waals surface area contributed by atoms with E-state index in [9.17, 15) is 4.79 Å². The third-order valence-electron chi connectivity index (χ3n) is 3.21. The molecule has 5 nitrogen and oxygen atoms in total. The van der Waals surface area contributed by atoms with E-state index in [1.165, 1.54) is 0 Å². The summed E-state index contributed by atoms with van der Waals surface area (Å²) in [6, 6.07) is 7.66. The molecule has 1 aromatic carbocycles. The Balaban J connectivity index is 2.32. The van der Waals surface area contributed by atoms with Crippen LogP contribution in [0.4, 0.5) is 0 Å². The van der Waals surface area contributed by atoms with Crippen molar-refractivity contribution in [3.63, 3.8) is 0 Å². The van der Waals surface area contributed by atoms with E-state index in [4.69, 9.17) is 4.74 Å². The molecule has 102 valence electrons. The van der Waals surface area contributed by atoms with Crippen molar-refractivity contribution in [1.29, 1.82) is 0 Å². The number of hydrogen-bond acceptors (Lipinski definition) is 3. The number of nitrogens with zero attached hydrogens (tertiary/aromatic N) is 2. The van der Waals surface area contributed by atoms with Crippen molar-refractivity contribution in [1.82, 2.24) is 15.1 Å². The summed E-state index contributed by atoms with van der Waals surface area (Å²) < 4.78 is 5.12. The summed E-state index contributed by atoms with van der Waals surface area (Å²) in [4.78, 5) is 14.3. The van der Waals surface area contributed by atoms with Gasteiger partial charge in [0.15, 0.2) is 5.69 Å². The Hall–Kier alpha value is -1.88. The van der Waals surface area contributed by atoms with Crippen LogP contribution in [0.3, 0.4) is 0 Å². The molecule has 0 fully saturated rings. The van der Waals surface area contributed by atoms with Crippen molar-refractivity contribution in [3.8, 4) is 0 Å². The van der Waals surface area contributed by atoms with Crippen LogP contribution in [0.25, 0.3) is 10.9 Å². The fourth-order valence-corrected chi connectivity index (χ4v) is 2.25. The Kier molecular flexibility index (Phi) is 4.16. The van der Waals surface area contributed by atoms with Gasteiger partial charge in [0, 0.05) is 19.0 Å². The first-order valence-electron chi connectivity index (χ1n) is 6.42. The summed E-state index contributed by atoms with van der Waals surface area (Å²) in [6.45, 7) is 5.07. The second-order valence-corrected chi connectivity index (χ2v) is 4.51. The first kappa shape index (κ1) is 13.5. The second-order valence-electron chi connectivity index (χ2n) is 4.51. The van der Waals surface area contributed by atoms with E-state index in [1.54, 1.807) is 12.0 Å². The number of rotatable bonds is 5. The molecule has 19 heavy (non-hydrogen) atoms. The number of nitrogens with one attached hydrogen (secondary N) is 1. The van der Waals surface area contributed by atoms with Crippen molar-refractivity contribution >= 4 is 16.8 Å². The fraction of sp³-hybridized carbons (Fsp3) is 0.429. The zero-order chi connectivity index (χ0) is 13.8. The van der Waals surface area contributed by atoms with Crippen LogP contribution in [0.5, 0.6) is 0 Å². The van der Waals surface area contributed by atoms with Gasteiger partial charge in [-0.15, -0.1) is 0 Å². The zero-order valence-electron chi connectivity index (χ0n) is 11.5. The Morgan fingerprint density at radius 3 is 2.89 bits per heavy atom. The largest absolute Gasteiger partial charge is 0.383 e. The van der Waals surface area contributed by atoms with Crippen molar-refractivity contribution in [3.05, 3.63) is 30.0 Å². The Labute approximate surface area is 112 Å². The molecule has 0 radical (unpaired) electrons. The van der Waals surface area contributed by atoms with E-state index >= 15 is 0 Å². The van der Waals surface area contributed by atoms with E-state index in [0.717, 1.165) is 10.9 Å². The molecule has 1 amide bonds. The van der Waals surface area contributed by atoms with Crippen LogP contribution in [0.15, 0.2) is 24.3 Å². The predicted molar refractivity (Wildman–Crippen MR) is 74.1 cm³/mol. The highest BCUT2D eigenvalue weighted by Gasteiger charge is 2.23. The first-order chi connectivity index (χ1) is 9.19. The van der Waals surface area contributed by atoms with E-state index < -0.39 is 0 Å². The number of likely N-dealkylation sites (N-methyl/N-ethyl adjacent to an activating group) is 1. The molecule has 0 aliphatic carbocycles. The molecule has 1 aromatic heterocycles. The van der Waals surface area contributed by atoms with Gasteiger partial charge in [-0.1, -0.05) is 18.2 Å². The van der Waals surface area contributed by atoms with Gasteiger partial charge in [0.1, 0.15) is 0 Å². The van der Waals surface area contributed by atoms with E-state index in [1.807, 2.05) is 38.1 Å². The minimum atomic E-state index is -0.0653. The van der Waals surface area contributed by atoms with Crippen molar-refractivity contribution in [2.75, 3.05) is 20.3 Å². The lowest BCUT2D eigenvalue weighted by Crippen LogP contribution is -2.41. The zero-order valence-corrected chi connectivity index (χ0v) is 11.5. The molecule has 0 aliphatic heterocycles. The van der Waals surface area contributed by atoms with Gasteiger partial charge in [0.25, 0.3) is 5.91 Å². The van der Waals surface area contributed by atoms with Crippen LogP contribution in [0.2, 0.25) is 0 Å². The van der Waals surface area contributed by atoms with Crippen LogP contribution in [0.1, 0.15) is 24.3 Å². The number of ether oxygens (including phenoxy) is 1. The molecule has 1 atom stereocenters. The number of carbonyl (C=O) groups excluding carboxylic acids is 1. The average Bonchev–Trinajstić information content (AvgIpc) is 2.83. The smallest absolute Gasteiger partial charge is 0.275 e. The lowest BCUT2D eigenvalue weighted by molar-refractivity contribution is 0.0575. The number of fused-ring (bicyclic) bond motifs is 1. The molecule has 0 spiro atoms. The molecule has 2 rings (SSSR count). The maximum Gasteiger partial charge on any atom is 0.275 e. The van der Waals surface area contributed by atoms with E-state index in [2.05, 4.69) is 10.2 Å². The summed E-state index contributed by atoms with van der Waals surface area (Å²) in [6.07, 6.45) is 0. The molecule has 0 bridgehead atoms. The van der Waals surface area contributed by atoms with Gasteiger partial charge < -0.3 is 9.64 Å². The summed E-state index contributed by atoms with van der Waals surface area (Å²) in [5.41, 5.74) is 1.35. The van der Waals surface area contributed by atoms with Gasteiger partial charge in [-0.05, 0) is 19.9 Å². The predicted octanol–water partition coefficient (Wildman–Crippen LogP) is 2.06. The molecule has 1 heterocycles. The van der Waals surface area contributed by atoms with Crippen LogP contribution in [-0.2, 0) is 4.74 Å². The lowest BCUT2D eigenvalue weighted by Gasteiger charge is -2.26. The highest BCUT2D eigenvalue weighted by atomic mass is 16.5. The highest BCUT2D eigenvalue weighted by Crippen LogP contribution is 2.17. The molecular formula is C14H19N3O2. The van der Waals surface area contributed by atoms with Gasteiger partial charge in [-0.25, -0.2) is 0 Å². The van der Waals surface area contributed by atoms with Crippen LogP contribution >= 0.6 is 0 Å². The van der Waals surface area contributed by atoms with E-state index in [-0.39, 0.29) is 11.9 Å². The Morgan fingerprint density at radius 1 is 1.47 bits per heavy atom. The molecule has 2 aromatic rings. The minimum absolute atomic E-state index is 0.0259. The Morgan fingerprint density at radius 2 is 2.21 bits per heavy atom. The van der Waals surface area contributed by atoms with Gasteiger partial charge in [0.05, 0.1) is 18.2 Å². The van der Waals surface area contributed by atoms with Crippen molar-refractivity contribution < 1.29 is 9.53 Å². The summed E-state index contributed by atoms with van der Waals surface area (Å²) in [7, 11) is 1.64. The lowest BCUT2D eigenvalue weighted by atomic mass is 10.2. The monoisotopic (exact) mass is 261 g/mol. The molecule has 1 N–H and O–H groups in total. The second kappa shape index (κ2) is 5.84. The first-order valence-corrected chi connectivity index (χ1v) is 6.42. The molecule has 0 aliphatic rings. The molecule has 1 unspecified atom stereocenters. The standard InChI is InChI=1S/C14H19N3O2/c1-4-17(10(2)9-19-3)14(18)13-11-7-5-6-8-12(11)15-16-13/h5-8,10H,4,9H2,1-3H3,(H,15,16). The van der Waals surface area contributed by atoms with E-state index in [0.29, 0.717) is 18.8 Å². The topological polar surface area (TPSA) is 58.2 Å². The number of aromatic nitrogens is 2. The third kappa shape index (κ3) is 2.61. The van der Waals surface area contributed by atoms with Gasteiger partial charge in [-0.3, -0.25) is 9.89 Å².